The number of aliphatic hydroxyl groups excluding tert-OH is 1. The molecule has 4 heterocycles. The van der Waals surface area contributed by atoms with E-state index in [1.54, 1.807) is 9.80 Å². The highest BCUT2D eigenvalue weighted by Crippen LogP contribution is 2.61. The number of esters is 1. The second-order valence-electron chi connectivity index (χ2n) is 10.6. The number of hydrogen-bond acceptors (Lipinski definition) is 6. The number of para-hydroxylation sites is 1. The van der Waals surface area contributed by atoms with Crippen molar-refractivity contribution in [3.63, 3.8) is 0 Å². The van der Waals surface area contributed by atoms with Crippen LogP contribution in [0.15, 0.2) is 42.5 Å². The fraction of sp³-hybridized carbons (Fsp3) is 0.536. The number of amides is 2. The highest BCUT2D eigenvalue weighted by atomic mass is 32.2. The molecule has 1 aromatic carbocycles. The van der Waals surface area contributed by atoms with Crippen LogP contribution in [0, 0.1) is 31.6 Å². The first kappa shape index (κ1) is 25.1. The Morgan fingerprint density at radius 2 is 1.86 bits per heavy atom. The number of benzene rings is 1. The van der Waals surface area contributed by atoms with Crippen molar-refractivity contribution >= 4 is 35.2 Å². The van der Waals surface area contributed by atoms with E-state index >= 15 is 0 Å². The molecule has 6 atom stereocenters. The van der Waals surface area contributed by atoms with Gasteiger partial charge in [0.05, 0.1) is 35.8 Å². The van der Waals surface area contributed by atoms with Crippen molar-refractivity contribution in [2.24, 2.45) is 17.8 Å². The van der Waals surface area contributed by atoms with Crippen molar-refractivity contribution in [2.45, 2.75) is 56.2 Å². The molecule has 1 N–H and O–H groups in total. The van der Waals surface area contributed by atoms with Crippen molar-refractivity contribution in [1.82, 2.24) is 4.90 Å². The zero-order valence-electron chi connectivity index (χ0n) is 21.2. The van der Waals surface area contributed by atoms with Crippen LogP contribution in [0.25, 0.3) is 0 Å². The number of fused-ring (bicyclic) bond motifs is 2. The number of likely N-dealkylation sites (tertiary alicyclic amines) is 1. The molecule has 0 radical (unpaired) electrons. The van der Waals surface area contributed by atoms with Crippen LogP contribution >= 0.6 is 11.8 Å². The van der Waals surface area contributed by atoms with Crippen molar-refractivity contribution in [2.75, 3.05) is 24.7 Å². The number of nitrogens with zero attached hydrogens (tertiary/aromatic N) is 2. The molecular formula is C28H34N2O5S. The minimum absolute atomic E-state index is 0.0755. The van der Waals surface area contributed by atoms with Gasteiger partial charge in [-0.05, 0) is 37.3 Å². The van der Waals surface area contributed by atoms with Gasteiger partial charge in [-0.15, -0.1) is 11.8 Å². The summed E-state index contributed by atoms with van der Waals surface area (Å²) in [6.07, 6.45) is 8.61. The Hall–Kier alpha value is -2.58. The molecule has 1 aromatic rings. The molecule has 2 fully saturated rings. The SMILES string of the molecule is Cc1cccc(C)c1N1CC=C[C@]23S[C@@H]4C=CCCOC(=O)[C@@H]4[C@H]2C(=O)N([C@@H](CO)C(C)C)C3C1=O. The maximum absolute atomic E-state index is 14.6. The Morgan fingerprint density at radius 1 is 1.14 bits per heavy atom. The van der Waals surface area contributed by atoms with Crippen LogP contribution in [0.4, 0.5) is 5.69 Å². The van der Waals surface area contributed by atoms with Gasteiger partial charge in [0.2, 0.25) is 5.91 Å². The standard InChI is InChI=1S/C28H34N2O5S/c1-16(2)19(15-31)30-24-26(33)29(23-17(3)9-7-10-18(23)4)13-8-12-28(24)22(25(30)32)21-20(36-28)11-5-6-14-35-27(21)34/h5,7-12,16,19-22,24,31H,6,13-15H2,1-4H3/t19-,20+,21-,22-,24?,28-/m0/s1. The molecule has 2 amide bonds. The number of ether oxygens (including phenoxy) is 1. The first-order valence-electron chi connectivity index (χ1n) is 12.7. The number of carbonyl (C=O) groups is 3. The van der Waals surface area contributed by atoms with Gasteiger partial charge in [-0.1, -0.05) is 56.4 Å². The molecule has 1 unspecified atom stereocenters. The van der Waals surface area contributed by atoms with Crippen molar-refractivity contribution < 1.29 is 24.2 Å². The zero-order chi connectivity index (χ0) is 25.8. The molecule has 8 heteroatoms. The monoisotopic (exact) mass is 510 g/mol. The number of rotatable bonds is 4. The quantitative estimate of drug-likeness (QED) is 0.495. The molecule has 5 rings (SSSR count). The van der Waals surface area contributed by atoms with Crippen LogP contribution in [0.3, 0.4) is 0 Å². The topological polar surface area (TPSA) is 87.2 Å². The van der Waals surface area contributed by atoms with Gasteiger partial charge in [0, 0.05) is 17.5 Å². The second kappa shape index (κ2) is 9.38. The van der Waals surface area contributed by atoms with E-state index in [1.807, 2.05) is 70.2 Å². The lowest BCUT2D eigenvalue weighted by atomic mass is 9.78. The number of aryl methyl sites for hydroxylation is 2. The van der Waals surface area contributed by atoms with Crippen LogP contribution in [0.1, 0.15) is 31.4 Å². The summed E-state index contributed by atoms with van der Waals surface area (Å²) in [4.78, 5) is 45.4. The maximum Gasteiger partial charge on any atom is 0.311 e. The van der Waals surface area contributed by atoms with E-state index < -0.39 is 28.7 Å². The number of thioether (sulfide) groups is 1. The van der Waals surface area contributed by atoms with Crippen LogP contribution in [0.2, 0.25) is 0 Å². The molecule has 0 aromatic heterocycles. The predicted octanol–water partition coefficient (Wildman–Crippen LogP) is 3.02. The molecule has 192 valence electrons. The van der Waals surface area contributed by atoms with Gasteiger partial charge in [0.15, 0.2) is 0 Å². The largest absolute Gasteiger partial charge is 0.465 e. The third-order valence-corrected chi connectivity index (χ3v) is 9.83. The molecule has 4 aliphatic rings. The fourth-order valence-electron chi connectivity index (χ4n) is 6.46. The molecule has 0 aliphatic carbocycles. The Bertz CT molecular complexity index is 1130. The van der Waals surface area contributed by atoms with Crippen molar-refractivity contribution in [3.8, 4) is 0 Å². The van der Waals surface area contributed by atoms with E-state index in [-0.39, 0.29) is 42.2 Å². The highest BCUT2D eigenvalue weighted by molar-refractivity contribution is 8.02. The third kappa shape index (κ3) is 3.64. The highest BCUT2D eigenvalue weighted by Gasteiger charge is 2.72. The predicted molar refractivity (Wildman–Crippen MR) is 140 cm³/mol. The minimum Gasteiger partial charge on any atom is -0.465 e. The summed E-state index contributed by atoms with van der Waals surface area (Å²) >= 11 is 1.53. The fourth-order valence-corrected chi connectivity index (χ4v) is 8.44. The molecule has 36 heavy (non-hydrogen) atoms. The lowest BCUT2D eigenvalue weighted by Crippen LogP contribution is -2.58. The van der Waals surface area contributed by atoms with Crippen molar-refractivity contribution in [1.29, 1.82) is 0 Å². The van der Waals surface area contributed by atoms with Crippen LogP contribution < -0.4 is 4.90 Å². The van der Waals surface area contributed by atoms with E-state index in [0.29, 0.717) is 13.0 Å². The Kier molecular flexibility index (Phi) is 6.53. The van der Waals surface area contributed by atoms with E-state index in [4.69, 9.17) is 4.74 Å². The molecular weight excluding hydrogens is 476 g/mol. The summed E-state index contributed by atoms with van der Waals surface area (Å²) in [5, 5.41) is 10.1. The van der Waals surface area contributed by atoms with Gasteiger partial charge in [0.1, 0.15) is 6.04 Å². The number of anilines is 1. The first-order chi connectivity index (χ1) is 17.2. The number of hydrogen-bond donors (Lipinski definition) is 1. The van der Waals surface area contributed by atoms with Crippen molar-refractivity contribution in [3.05, 3.63) is 53.6 Å². The van der Waals surface area contributed by atoms with Gasteiger partial charge in [0.25, 0.3) is 5.91 Å². The summed E-state index contributed by atoms with van der Waals surface area (Å²) in [6, 6.07) is 4.55. The van der Waals surface area contributed by atoms with E-state index in [1.165, 1.54) is 11.8 Å². The summed E-state index contributed by atoms with van der Waals surface area (Å²) < 4.78 is 4.61. The number of cyclic esters (lactones) is 1. The lowest BCUT2D eigenvalue weighted by molar-refractivity contribution is -0.153. The Labute approximate surface area is 216 Å². The first-order valence-corrected chi connectivity index (χ1v) is 13.6. The molecule has 7 nitrogen and oxygen atoms in total. The third-order valence-electron chi connectivity index (χ3n) is 8.08. The molecule has 2 saturated heterocycles. The van der Waals surface area contributed by atoms with Gasteiger partial charge < -0.3 is 19.6 Å². The maximum atomic E-state index is 14.6. The summed E-state index contributed by atoms with van der Waals surface area (Å²) in [6.45, 7) is 8.25. The van der Waals surface area contributed by atoms with Gasteiger partial charge >= 0.3 is 5.97 Å². The minimum atomic E-state index is -0.926. The second-order valence-corrected chi connectivity index (χ2v) is 12.0. The zero-order valence-corrected chi connectivity index (χ0v) is 22.0. The molecule has 0 bridgehead atoms. The number of carbonyl (C=O) groups excluding carboxylic acids is 3. The number of aliphatic hydroxyl groups is 1. The van der Waals surface area contributed by atoms with Crippen LogP contribution in [-0.2, 0) is 19.1 Å². The van der Waals surface area contributed by atoms with Gasteiger partial charge in [-0.2, -0.15) is 0 Å². The normalized spacial score (nSPS) is 32.6. The summed E-state index contributed by atoms with van der Waals surface area (Å²) in [5.41, 5.74) is 2.81. The Morgan fingerprint density at radius 3 is 2.53 bits per heavy atom. The van der Waals surface area contributed by atoms with Gasteiger partial charge in [-0.3, -0.25) is 14.4 Å². The van der Waals surface area contributed by atoms with E-state index in [0.717, 1.165) is 16.8 Å². The van der Waals surface area contributed by atoms with Gasteiger partial charge in [-0.25, -0.2) is 0 Å². The molecule has 0 saturated carbocycles. The van der Waals surface area contributed by atoms with Crippen LogP contribution in [0.5, 0.6) is 0 Å². The lowest BCUT2D eigenvalue weighted by Gasteiger charge is -2.40. The van der Waals surface area contributed by atoms with E-state index in [9.17, 15) is 19.5 Å². The molecule has 1 spiro atoms. The Balaban J connectivity index is 1.69. The summed E-state index contributed by atoms with van der Waals surface area (Å²) in [5.74, 6) is -2.30. The smallest absolute Gasteiger partial charge is 0.311 e. The molecule has 4 aliphatic heterocycles. The van der Waals surface area contributed by atoms with Crippen LogP contribution in [-0.4, -0.2) is 69.6 Å². The average molecular weight is 511 g/mol. The van der Waals surface area contributed by atoms with E-state index in [2.05, 4.69) is 0 Å². The summed E-state index contributed by atoms with van der Waals surface area (Å²) in [7, 11) is 0. The average Bonchev–Trinajstić information content (AvgIpc) is 3.19.